The third-order valence-electron chi connectivity index (χ3n) is 4.78. The van der Waals surface area contributed by atoms with E-state index in [0.717, 1.165) is 32.1 Å². The normalized spacial score (nSPS) is 12.8. The second kappa shape index (κ2) is 20.6. The van der Waals surface area contributed by atoms with Crippen molar-refractivity contribution in [2.75, 3.05) is 27.7 Å². The summed E-state index contributed by atoms with van der Waals surface area (Å²) in [4.78, 5) is 23.0. The van der Waals surface area contributed by atoms with E-state index in [0.29, 0.717) is 17.4 Å². The molecule has 0 amide bonds. The lowest BCUT2D eigenvalue weighted by Crippen LogP contribution is -3.00. The van der Waals surface area contributed by atoms with E-state index in [2.05, 4.69) is 31.2 Å². The van der Waals surface area contributed by atoms with Crippen molar-refractivity contribution >= 4 is 11.9 Å². The van der Waals surface area contributed by atoms with Gasteiger partial charge in [0.25, 0.3) is 0 Å². The first-order valence-electron chi connectivity index (χ1n) is 11.8. The maximum atomic E-state index is 12.0. The summed E-state index contributed by atoms with van der Waals surface area (Å²) in [5, 5.41) is 9.00. The van der Waals surface area contributed by atoms with Crippen LogP contribution in [0.5, 0.6) is 0 Å². The predicted octanol–water partition coefficient (Wildman–Crippen LogP) is 2.90. The summed E-state index contributed by atoms with van der Waals surface area (Å²) in [5.74, 6) is -1.21. The van der Waals surface area contributed by atoms with Crippen LogP contribution >= 0.6 is 0 Å². The molecule has 0 aromatic rings. The Morgan fingerprint density at radius 2 is 1.42 bits per heavy atom. The summed E-state index contributed by atoms with van der Waals surface area (Å²) < 4.78 is 5.97. The van der Waals surface area contributed by atoms with Crippen LogP contribution in [0.15, 0.2) is 24.3 Å². The summed E-state index contributed by atoms with van der Waals surface area (Å²) >= 11 is 0. The number of unbranched alkanes of at least 4 members (excludes halogenated alkanes) is 8. The number of hydrogen-bond acceptors (Lipinski definition) is 3. The van der Waals surface area contributed by atoms with Crippen molar-refractivity contribution in [1.29, 1.82) is 0 Å². The van der Waals surface area contributed by atoms with Gasteiger partial charge in [0, 0.05) is 6.42 Å². The molecule has 0 spiro atoms. The van der Waals surface area contributed by atoms with Crippen molar-refractivity contribution < 1.29 is 36.3 Å². The summed E-state index contributed by atoms with van der Waals surface area (Å²) in [6, 6.07) is 0. The molecule has 0 saturated carbocycles. The van der Waals surface area contributed by atoms with Gasteiger partial charge in [0.05, 0.1) is 27.6 Å². The van der Waals surface area contributed by atoms with Gasteiger partial charge in [0.2, 0.25) is 0 Å². The third kappa shape index (κ3) is 24.8. The number of halogens is 1. The van der Waals surface area contributed by atoms with E-state index in [-0.39, 0.29) is 24.8 Å². The molecule has 0 heterocycles. The largest absolute Gasteiger partial charge is 1.00 e. The number of rotatable bonds is 19. The maximum absolute atomic E-state index is 12.0. The Morgan fingerprint density at radius 3 is 1.97 bits per heavy atom. The van der Waals surface area contributed by atoms with Gasteiger partial charge in [-0.25, -0.2) is 0 Å². The van der Waals surface area contributed by atoms with Gasteiger partial charge in [-0.2, -0.15) is 0 Å². The lowest BCUT2D eigenvalue weighted by molar-refractivity contribution is -0.873. The predicted molar refractivity (Wildman–Crippen MR) is 124 cm³/mol. The molecule has 1 N–H and O–H groups in total. The van der Waals surface area contributed by atoms with Crippen molar-refractivity contribution in [1.82, 2.24) is 0 Å². The molecule has 31 heavy (non-hydrogen) atoms. The Morgan fingerprint density at radius 1 is 0.871 bits per heavy atom. The lowest BCUT2D eigenvalue weighted by atomic mass is 10.1. The number of likely N-dealkylation sites (N-methyl/N-ethyl adjacent to an activating group) is 1. The van der Waals surface area contributed by atoms with Gasteiger partial charge in [0.15, 0.2) is 6.10 Å². The number of hydrogen-bond donors (Lipinski definition) is 1. The van der Waals surface area contributed by atoms with Crippen molar-refractivity contribution in [2.24, 2.45) is 0 Å². The minimum Gasteiger partial charge on any atom is -1.00 e. The van der Waals surface area contributed by atoms with Crippen molar-refractivity contribution in [3.8, 4) is 0 Å². The highest BCUT2D eigenvalue weighted by atomic mass is 35.5. The topological polar surface area (TPSA) is 63.6 Å². The Kier molecular flexibility index (Phi) is 21.1. The van der Waals surface area contributed by atoms with Crippen LogP contribution in [0.2, 0.25) is 0 Å². The fourth-order valence-electron chi connectivity index (χ4n) is 3.27. The van der Waals surface area contributed by atoms with Gasteiger partial charge in [-0.3, -0.25) is 9.59 Å². The van der Waals surface area contributed by atoms with Crippen LogP contribution in [0, 0.1) is 0 Å². The number of quaternary nitrogens is 1. The van der Waals surface area contributed by atoms with Crippen LogP contribution in [0.3, 0.4) is 0 Å². The van der Waals surface area contributed by atoms with Gasteiger partial charge in [0.1, 0.15) is 6.54 Å². The van der Waals surface area contributed by atoms with Crippen LogP contribution in [-0.4, -0.2) is 55.3 Å². The average Bonchev–Trinajstić information content (AvgIpc) is 2.63. The number of allylic oxidation sites excluding steroid dienone is 4. The van der Waals surface area contributed by atoms with Crippen molar-refractivity contribution in [3.05, 3.63) is 24.3 Å². The molecule has 0 aromatic carbocycles. The minimum atomic E-state index is -0.932. The first-order valence-corrected chi connectivity index (χ1v) is 11.8. The number of esters is 1. The third-order valence-corrected chi connectivity index (χ3v) is 4.78. The molecule has 0 aliphatic heterocycles. The summed E-state index contributed by atoms with van der Waals surface area (Å²) in [7, 11) is 5.88. The molecule has 5 nitrogen and oxygen atoms in total. The van der Waals surface area contributed by atoms with E-state index in [1.807, 2.05) is 21.1 Å². The zero-order valence-corrected chi connectivity index (χ0v) is 21.0. The molecular formula is C25H46ClNO4. The smallest absolute Gasteiger partial charge is 0.307 e. The van der Waals surface area contributed by atoms with Gasteiger partial charge in [-0.05, 0) is 38.5 Å². The first-order chi connectivity index (χ1) is 14.2. The van der Waals surface area contributed by atoms with Gasteiger partial charge in [-0.15, -0.1) is 0 Å². The van der Waals surface area contributed by atoms with Crippen molar-refractivity contribution in [2.45, 2.75) is 96.5 Å². The van der Waals surface area contributed by atoms with E-state index in [1.54, 1.807) is 0 Å². The SMILES string of the molecule is CCCCCC=CCC=CCCCCCCCC(=O)OC(CC(=O)O)C[N+](C)(C)C.[Cl-]. The number of carboxylic acid groups (broad SMARTS) is 1. The Hall–Kier alpha value is -1.33. The van der Waals surface area contributed by atoms with Crippen LogP contribution in [0.1, 0.15) is 90.4 Å². The highest BCUT2D eigenvalue weighted by molar-refractivity contribution is 5.71. The molecule has 1 unspecified atom stereocenters. The molecule has 0 rings (SSSR count). The molecule has 0 aliphatic carbocycles. The lowest BCUT2D eigenvalue weighted by Gasteiger charge is -2.28. The number of aliphatic carboxylic acids is 1. The Balaban J connectivity index is 0. The second-order valence-corrected chi connectivity index (χ2v) is 9.16. The minimum absolute atomic E-state index is 0. The second-order valence-electron chi connectivity index (χ2n) is 9.16. The van der Waals surface area contributed by atoms with Crippen LogP contribution < -0.4 is 12.4 Å². The number of carboxylic acids is 1. The molecule has 0 saturated heterocycles. The molecule has 6 heteroatoms. The van der Waals surface area contributed by atoms with Gasteiger partial charge < -0.3 is 26.7 Å². The maximum Gasteiger partial charge on any atom is 0.307 e. The molecular weight excluding hydrogens is 414 g/mol. The molecule has 0 aliphatic rings. The molecule has 1 atom stereocenters. The van der Waals surface area contributed by atoms with Crippen LogP contribution in [-0.2, 0) is 14.3 Å². The van der Waals surface area contributed by atoms with E-state index in [1.165, 1.54) is 38.5 Å². The average molecular weight is 460 g/mol. The van der Waals surface area contributed by atoms with Crippen LogP contribution in [0.4, 0.5) is 0 Å². The Labute approximate surface area is 196 Å². The van der Waals surface area contributed by atoms with Crippen LogP contribution in [0.25, 0.3) is 0 Å². The highest BCUT2D eigenvalue weighted by Gasteiger charge is 2.24. The Bertz CT molecular complexity index is 512. The zero-order chi connectivity index (χ0) is 22.7. The monoisotopic (exact) mass is 459 g/mol. The number of carbonyl (C=O) groups excluding carboxylic acids is 1. The van der Waals surface area contributed by atoms with Gasteiger partial charge in [-0.1, -0.05) is 63.3 Å². The standard InChI is InChI=1S/C25H45NO4.ClH/c1-5-6-7-8-9-10-11-12-13-14-15-16-17-18-19-20-25(29)30-23(21-24(27)28)22-26(2,3)4;/h9-10,12-13,23H,5-8,11,14-22H2,1-4H3;1H. The zero-order valence-electron chi connectivity index (χ0n) is 20.3. The van der Waals surface area contributed by atoms with Crippen molar-refractivity contribution in [3.63, 3.8) is 0 Å². The summed E-state index contributed by atoms with van der Waals surface area (Å²) in [6.07, 6.45) is 21.3. The van der Waals surface area contributed by atoms with E-state index >= 15 is 0 Å². The van der Waals surface area contributed by atoms with E-state index < -0.39 is 12.1 Å². The number of ether oxygens (including phenoxy) is 1. The molecule has 0 aromatic heterocycles. The fourth-order valence-corrected chi connectivity index (χ4v) is 3.27. The molecule has 0 radical (unpaired) electrons. The highest BCUT2D eigenvalue weighted by Crippen LogP contribution is 2.11. The fraction of sp³-hybridized carbons (Fsp3) is 0.760. The summed E-state index contributed by atoms with van der Waals surface area (Å²) in [6.45, 7) is 2.73. The number of carbonyl (C=O) groups is 2. The molecule has 0 bridgehead atoms. The van der Waals surface area contributed by atoms with E-state index in [4.69, 9.17) is 9.84 Å². The quantitative estimate of drug-likeness (QED) is 0.140. The molecule has 0 fully saturated rings. The first kappa shape index (κ1) is 31.9. The molecule has 182 valence electrons. The number of nitrogens with zero attached hydrogens (tertiary/aromatic N) is 1. The van der Waals surface area contributed by atoms with E-state index in [9.17, 15) is 9.59 Å². The van der Waals surface area contributed by atoms with Gasteiger partial charge >= 0.3 is 11.9 Å². The summed E-state index contributed by atoms with van der Waals surface area (Å²) in [5.41, 5.74) is 0.